The molecule has 1 amide bonds. The van der Waals surface area contributed by atoms with Crippen LogP contribution < -0.4 is 10.1 Å². The Morgan fingerprint density at radius 3 is 2.62 bits per heavy atom. The summed E-state index contributed by atoms with van der Waals surface area (Å²) < 4.78 is 5.14. The summed E-state index contributed by atoms with van der Waals surface area (Å²) >= 11 is 5.80. The van der Waals surface area contributed by atoms with Crippen LogP contribution in [-0.2, 0) is 4.79 Å². The van der Waals surface area contributed by atoms with Gasteiger partial charge in [-0.15, -0.1) is 0 Å². The van der Waals surface area contributed by atoms with Crippen molar-refractivity contribution in [2.45, 2.75) is 6.92 Å². The van der Waals surface area contributed by atoms with Crippen molar-refractivity contribution in [2.75, 3.05) is 12.4 Å². The van der Waals surface area contributed by atoms with Gasteiger partial charge in [-0.2, -0.15) is 0 Å². The molecule has 2 rings (SSSR count). The van der Waals surface area contributed by atoms with Gasteiger partial charge in [0, 0.05) is 10.6 Å². The van der Waals surface area contributed by atoms with Crippen molar-refractivity contribution >= 4 is 35.2 Å². The van der Waals surface area contributed by atoms with Crippen LogP contribution in [0.2, 0.25) is 5.02 Å². The number of methoxy groups -OCH3 is 1. The molecule has 2 N–H and O–H groups in total. The summed E-state index contributed by atoms with van der Waals surface area (Å²) in [5.74, 6) is -0.882. The maximum absolute atomic E-state index is 12.3. The number of amides is 1. The van der Waals surface area contributed by atoms with Gasteiger partial charge in [0.1, 0.15) is 5.75 Å². The maximum Gasteiger partial charge on any atom is 0.337 e. The SMILES string of the molecule is COc1cccc(/C=C(\C)C(=O)Nc2ccc(Cl)cc2C(=O)O)c1. The number of benzene rings is 2. The van der Waals surface area contributed by atoms with E-state index in [9.17, 15) is 14.7 Å². The molecular formula is C18H16ClNO4. The Morgan fingerprint density at radius 1 is 1.21 bits per heavy atom. The van der Waals surface area contributed by atoms with E-state index in [-0.39, 0.29) is 16.3 Å². The molecule has 0 aliphatic carbocycles. The molecule has 0 saturated carbocycles. The van der Waals surface area contributed by atoms with E-state index in [4.69, 9.17) is 16.3 Å². The van der Waals surface area contributed by atoms with Crippen LogP contribution in [0.15, 0.2) is 48.0 Å². The molecule has 0 fully saturated rings. The summed E-state index contributed by atoms with van der Waals surface area (Å²) in [6.45, 7) is 1.64. The van der Waals surface area contributed by atoms with Gasteiger partial charge in [-0.3, -0.25) is 4.79 Å². The summed E-state index contributed by atoms with van der Waals surface area (Å²) in [6.07, 6.45) is 1.69. The van der Waals surface area contributed by atoms with Crippen molar-refractivity contribution in [1.29, 1.82) is 0 Å². The lowest BCUT2D eigenvalue weighted by Crippen LogP contribution is -2.15. The number of rotatable bonds is 5. The summed E-state index contributed by atoms with van der Waals surface area (Å²) in [5, 5.41) is 12.1. The second-order valence-corrected chi connectivity index (χ2v) is 5.49. The highest BCUT2D eigenvalue weighted by Gasteiger charge is 2.14. The molecule has 6 heteroatoms. The van der Waals surface area contributed by atoms with E-state index in [0.29, 0.717) is 11.3 Å². The minimum Gasteiger partial charge on any atom is -0.497 e. The van der Waals surface area contributed by atoms with Gasteiger partial charge in [-0.1, -0.05) is 23.7 Å². The van der Waals surface area contributed by atoms with E-state index in [1.54, 1.807) is 32.2 Å². The van der Waals surface area contributed by atoms with Gasteiger partial charge < -0.3 is 15.2 Å². The third-order valence-corrected chi connectivity index (χ3v) is 3.53. The molecule has 2 aromatic rings. The highest BCUT2D eigenvalue weighted by Crippen LogP contribution is 2.22. The molecule has 0 aliphatic rings. The van der Waals surface area contributed by atoms with Gasteiger partial charge in [-0.05, 0) is 48.9 Å². The summed E-state index contributed by atoms with van der Waals surface area (Å²) in [7, 11) is 1.57. The first-order valence-corrected chi connectivity index (χ1v) is 7.45. The molecule has 0 aromatic heterocycles. The molecular weight excluding hydrogens is 330 g/mol. The van der Waals surface area contributed by atoms with Gasteiger partial charge >= 0.3 is 5.97 Å². The first kappa shape index (κ1) is 17.6. The average molecular weight is 346 g/mol. The van der Waals surface area contributed by atoms with Gasteiger partial charge in [0.05, 0.1) is 18.4 Å². The fraction of sp³-hybridized carbons (Fsp3) is 0.111. The Labute approximate surface area is 144 Å². The Kier molecular flexibility index (Phi) is 5.60. The molecule has 0 radical (unpaired) electrons. The molecule has 0 atom stereocenters. The van der Waals surface area contributed by atoms with Gasteiger partial charge in [-0.25, -0.2) is 4.79 Å². The van der Waals surface area contributed by atoms with Crippen LogP contribution in [0.25, 0.3) is 6.08 Å². The van der Waals surface area contributed by atoms with Crippen molar-refractivity contribution in [3.63, 3.8) is 0 Å². The zero-order valence-electron chi connectivity index (χ0n) is 13.2. The predicted octanol–water partition coefficient (Wildman–Crippen LogP) is 4.09. The van der Waals surface area contributed by atoms with Crippen molar-refractivity contribution in [1.82, 2.24) is 0 Å². The van der Waals surface area contributed by atoms with E-state index < -0.39 is 11.9 Å². The number of nitrogens with one attached hydrogen (secondary N) is 1. The first-order valence-electron chi connectivity index (χ1n) is 7.07. The van der Waals surface area contributed by atoms with Gasteiger partial charge in [0.25, 0.3) is 5.91 Å². The van der Waals surface area contributed by atoms with Crippen LogP contribution in [0.1, 0.15) is 22.8 Å². The number of carbonyl (C=O) groups excluding carboxylic acids is 1. The molecule has 2 aromatic carbocycles. The Bertz CT molecular complexity index is 814. The standard InChI is InChI=1S/C18H16ClNO4/c1-11(8-12-4-3-5-14(9-12)24-2)17(21)20-16-7-6-13(19)10-15(16)18(22)23/h3-10H,1-2H3,(H,20,21)(H,22,23)/b11-8+. The quantitative estimate of drug-likeness (QED) is 0.800. The lowest BCUT2D eigenvalue weighted by Gasteiger charge is -2.09. The summed E-state index contributed by atoms with van der Waals surface area (Å²) in [5.41, 5.74) is 1.35. The second kappa shape index (κ2) is 7.66. The van der Waals surface area contributed by atoms with E-state index in [1.807, 2.05) is 12.1 Å². The highest BCUT2D eigenvalue weighted by atomic mass is 35.5. The third kappa shape index (κ3) is 4.36. The van der Waals surface area contributed by atoms with Gasteiger partial charge in [0.2, 0.25) is 0 Å². The Morgan fingerprint density at radius 2 is 1.96 bits per heavy atom. The van der Waals surface area contributed by atoms with E-state index >= 15 is 0 Å². The minimum atomic E-state index is -1.16. The van der Waals surface area contributed by atoms with Crippen molar-refractivity contribution in [3.05, 3.63) is 64.2 Å². The molecule has 0 unspecified atom stereocenters. The number of halogens is 1. The minimum absolute atomic E-state index is 0.0648. The highest BCUT2D eigenvalue weighted by molar-refractivity contribution is 6.31. The van der Waals surface area contributed by atoms with Crippen LogP contribution in [-0.4, -0.2) is 24.1 Å². The largest absolute Gasteiger partial charge is 0.497 e. The average Bonchev–Trinajstić information content (AvgIpc) is 2.56. The number of carbonyl (C=O) groups is 2. The van der Waals surface area contributed by atoms with Crippen LogP contribution in [0.5, 0.6) is 5.75 Å². The fourth-order valence-electron chi connectivity index (χ4n) is 2.07. The second-order valence-electron chi connectivity index (χ2n) is 5.05. The van der Waals surface area contributed by atoms with Crippen molar-refractivity contribution in [3.8, 4) is 5.75 Å². The number of carboxylic acids is 1. The molecule has 0 heterocycles. The molecule has 0 saturated heterocycles. The topological polar surface area (TPSA) is 75.6 Å². The van der Waals surface area contributed by atoms with Crippen LogP contribution in [0.3, 0.4) is 0 Å². The van der Waals surface area contributed by atoms with Gasteiger partial charge in [0.15, 0.2) is 0 Å². The van der Waals surface area contributed by atoms with Crippen LogP contribution >= 0.6 is 11.6 Å². The third-order valence-electron chi connectivity index (χ3n) is 3.30. The summed E-state index contributed by atoms with van der Waals surface area (Å²) in [6, 6.07) is 11.5. The monoisotopic (exact) mass is 345 g/mol. The zero-order chi connectivity index (χ0) is 17.7. The predicted molar refractivity (Wildman–Crippen MR) is 93.7 cm³/mol. The molecule has 0 spiro atoms. The number of carboxylic acid groups (broad SMARTS) is 1. The molecule has 124 valence electrons. The normalized spacial score (nSPS) is 11.0. The number of hydrogen-bond donors (Lipinski definition) is 2. The molecule has 0 bridgehead atoms. The van der Waals surface area contributed by atoms with Crippen molar-refractivity contribution in [2.24, 2.45) is 0 Å². The van der Waals surface area contributed by atoms with Crippen LogP contribution in [0, 0.1) is 0 Å². The van der Waals surface area contributed by atoms with Crippen LogP contribution in [0.4, 0.5) is 5.69 Å². The smallest absolute Gasteiger partial charge is 0.337 e. The first-order chi connectivity index (χ1) is 11.4. The Hall–Kier alpha value is -2.79. The Balaban J connectivity index is 2.23. The fourth-order valence-corrected chi connectivity index (χ4v) is 2.24. The number of anilines is 1. The van der Waals surface area contributed by atoms with E-state index in [0.717, 1.165) is 5.56 Å². The van der Waals surface area contributed by atoms with Crippen molar-refractivity contribution < 1.29 is 19.4 Å². The lowest BCUT2D eigenvalue weighted by molar-refractivity contribution is -0.112. The van der Waals surface area contributed by atoms with E-state index in [1.165, 1.54) is 18.2 Å². The zero-order valence-corrected chi connectivity index (χ0v) is 13.9. The summed E-state index contributed by atoms with van der Waals surface area (Å²) in [4.78, 5) is 23.5. The molecule has 24 heavy (non-hydrogen) atoms. The van der Waals surface area contributed by atoms with E-state index in [2.05, 4.69) is 5.32 Å². The molecule has 0 aliphatic heterocycles. The number of ether oxygens (including phenoxy) is 1. The number of aromatic carboxylic acids is 1. The lowest BCUT2D eigenvalue weighted by atomic mass is 10.1. The maximum atomic E-state index is 12.3. The molecule has 5 nitrogen and oxygen atoms in total. The number of hydrogen-bond acceptors (Lipinski definition) is 3.